The summed E-state index contributed by atoms with van der Waals surface area (Å²) in [6.07, 6.45) is -8.07. The molecule has 2 unspecified atom stereocenters. The molecular formula is C20H20F7N5. The van der Waals surface area contributed by atoms with Gasteiger partial charge in [-0.15, -0.1) is 0 Å². The predicted molar refractivity (Wildman–Crippen MR) is 102 cm³/mol. The second kappa shape index (κ2) is 8.64. The average molecular weight is 463 g/mol. The van der Waals surface area contributed by atoms with Crippen LogP contribution >= 0.6 is 0 Å². The van der Waals surface area contributed by atoms with Gasteiger partial charge in [-0.25, -0.2) is 14.4 Å². The first-order valence-electron chi connectivity index (χ1n) is 9.53. The van der Waals surface area contributed by atoms with E-state index in [9.17, 15) is 30.7 Å². The third kappa shape index (κ3) is 5.00. The van der Waals surface area contributed by atoms with Gasteiger partial charge in [0.25, 0.3) is 0 Å². The number of rotatable bonds is 5. The molecule has 5 nitrogen and oxygen atoms in total. The number of hydrogen-bond donors (Lipinski definition) is 1. The summed E-state index contributed by atoms with van der Waals surface area (Å²) in [6, 6.07) is 0.365. The lowest BCUT2D eigenvalue weighted by molar-refractivity contribution is -0.145. The predicted octanol–water partition coefficient (Wildman–Crippen LogP) is 4.61. The molecule has 3 heterocycles. The minimum Gasteiger partial charge on any atom is -0.383 e. The molecule has 0 saturated carbocycles. The maximum atomic E-state index is 14.0. The fraction of sp³-hybridized carbons (Fsp3) is 0.450. The van der Waals surface area contributed by atoms with E-state index in [1.54, 1.807) is 18.9 Å². The van der Waals surface area contributed by atoms with Gasteiger partial charge in [0.2, 0.25) is 5.82 Å². The van der Waals surface area contributed by atoms with Crippen LogP contribution in [0, 0.1) is 0 Å². The highest BCUT2D eigenvalue weighted by atomic mass is 19.4. The minimum absolute atomic E-state index is 0.0236. The van der Waals surface area contributed by atoms with Crippen LogP contribution in [0.5, 0.6) is 0 Å². The average Bonchev–Trinajstić information content (AvgIpc) is 2.98. The number of halogens is 7. The molecule has 0 spiro atoms. The van der Waals surface area contributed by atoms with Gasteiger partial charge in [0.05, 0.1) is 17.3 Å². The third-order valence-corrected chi connectivity index (χ3v) is 5.51. The zero-order valence-electron chi connectivity index (χ0n) is 17.1. The smallest absolute Gasteiger partial charge is 0.383 e. The molecule has 2 aromatic rings. The molecule has 2 aromatic heterocycles. The Morgan fingerprint density at radius 1 is 1.09 bits per heavy atom. The van der Waals surface area contributed by atoms with E-state index in [4.69, 9.17) is 0 Å². The Morgan fingerprint density at radius 3 is 2.22 bits per heavy atom. The van der Waals surface area contributed by atoms with Crippen LogP contribution in [0.4, 0.5) is 30.7 Å². The Hall–Kier alpha value is -2.76. The second-order valence-corrected chi connectivity index (χ2v) is 7.57. The molecule has 0 radical (unpaired) electrons. The van der Waals surface area contributed by atoms with E-state index in [2.05, 4.69) is 26.8 Å². The van der Waals surface area contributed by atoms with Crippen LogP contribution in [0.3, 0.4) is 0 Å². The zero-order valence-corrected chi connectivity index (χ0v) is 17.1. The van der Waals surface area contributed by atoms with Crippen LogP contribution in [0.15, 0.2) is 36.9 Å². The Morgan fingerprint density at radius 2 is 1.72 bits per heavy atom. The highest BCUT2D eigenvalue weighted by Gasteiger charge is 2.38. The number of aromatic nitrogens is 3. The quantitative estimate of drug-likeness (QED) is 0.657. The maximum absolute atomic E-state index is 14.0. The van der Waals surface area contributed by atoms with E-state index in [-0.39, 0.29) is 41.9 Å². The fourth-order valence-corrected chi connectivity index (χ4v) is 3.49. The van der Waals surface area contributed by atoms with Crippen molar-refractivity contribution in [2.45, 2.75) is 50.5 Å². The summed E-state index contributed by atoms with van der Waals surface area (Å²) in [7, 11) is 1.71. The van der Waals surface area contributed by atoms with Crippen LogP contribution in [0.2, 0.25) is 0 Å². The van der Waals surface area contributed by atoms with E-state index in [1.807, 2.05) is 0 Å². The summed E-state index contributed by atoms with van der Waals surface area (Å²) in [5.41, 5.74) is -0.843. The van der Waals surface area contributed by atoms with E-state index in [0.717, 1.165) is 18.5 Å². The largest absolute Gasteiger partial charge is 0.451 e. The standard InChI is InChI=1S/C20H20F7N5/c1-10(17-5-15(21)11(2)32(17)3)28-6-12-4-16(29-9-14(12)19(22,23)24)13-7-30-18(31-8-13)20(25,26)27/h4,7-9,11,15,17,28H,1,5-6H2,2-3H3/t11?,15-,17?/m1/s1. The molecule has 0 aliphatic carbocycles. The first-order valence-corrected chi connectivity index (χ1v) is 9.53. The zero-order chi connectivity index (χ0) is 23.8. The molecule has 0 aromatic carbocycles. The molecular weight excluding hydrogens is 443 g/mol. The second-order valence-electron chi connectivity index (χ2n) is 7.57. The van der Waals surface area contributed by atoms with Crippen LogP contribution in [0.25, 0.3) is 11.3 Å². The number of nitrogens with one attached hydrogen (secondary N) is 1. The number of likely N-dealkylation sites (tertiary alicyclic amines) is 1. The van der Waals surface area contributed by atoms with E-state index in [0.29, 0.717) is 11.9 Å². The molecule has 1 aliphatic heterocycles. The summed E-state index contributed by atoms with van der Waals surface area (Å²) in [4.78, 5) is 11.9. The third-order valence-electron chi connectivity index (χ3n) is 5.51. The lowest BCUT2D eigenvalue weighted by Crippen LogP contribution is -2.36. The normalized spacial score (nSPS) is 22.2. The summed E-state index contributed by atoms with van der Waals surface area (Å²) >= 11 is 0. The lowest BCUT2D eigenvalue weighted by atomic mass is 10.1. The van der Waals surface area contributed by atoms with E-state index >= 15 is 0 Å². The molecule has 32 heavy (non-hydrogen) atoms. The van der Waals surface area contributed by atoms with Gasteiger partial charge in [0.15, 0.2) is 0 Å². The molecule has 1 N–H and O–H groups in total. The van der Waals surface area contributed by atoms with Crippen molar-refractivity contribution in [2.24, 2.45) is 0 Å². The van der Waals surface area contributed by atoms with Crippen molar-refractivity contribution in [1.82, 2.24) is 25.2 Å². The highest BCUT2D eigenvalue weighted by molar-refractivity contribution is 5.58. The van der Waals surface area contributed by atoms with Gasteiger partial charge in [-0.05, 0) is 25.6 Å². The minimum atomic E-state index is -4.74. The summed E-state index contributed by atoms with van der Waals surface area (Å²) in [5, 5.41) is 2.82. The first kappa shape index (κ1) is 23.9. The molecule has 3 atom stereocenters. The Kier molecular flexibility index (Phi) is 6.45. The van der Waals surface area contributed by atoms with Crippen LogP contribution in [0.1, 0.15) is 30.3 Å². The Balaban J connectivity index is 1.85. The van der Waals surface area contributed by atoms with Crippen LogP contribution in [-0.2, 0) is 18.9 Å². The SMILES string of the molecule is C=C(NCc1cc(-c2cnc(C(F)(F)F)nc2)ncc1C(F)(F)F)C1C[C@@H](F)C(C)N1C. The van der Waals surface area contributed by atoms with Crippen molar-refractivity contribution in [3.05, 3.63) is 53.9 Å². The highest BCUT2D eigenvalue weighted by Crippen LogP contribution is 2.34. The van der Waals surface area contributed by atoms with Crippen LogP contribution < -0.4 is 5.32 Å². The molecule has 1 aliphatic rings. The molecule has 1 fully saturated rings. The van der Waals surface area contributed by atoms with Gasteiger partial charge in [-0.3, -0.25) is 9.88 Å². The molecule has 12 heteroatoms. The van der Waals surface area contributed by atoms with Gasteiger partial charge in [-0.1, -0.05) is 6.58 Å². The Bertz CT molecular complexity index is 972. The topological polar surface area (TPSA) is 53.9 Å². The molecule has 0 amide bonds. The molecule has 3 rings (SSSR count). The van der Waals surface area contributed by atoms with Crippen LogP contribution in [-0.4, -0.2) is 45.2 Å². The molecule has 0 bridgehead atoms. The van der Waals surface area contributed by atoms with Gasteiger partial charge in [0, 0.05) is 48.9 Å². The monoisotopic (exact) mass is 463 g/mol. The van der Waals surface area contributed by atoms with Crippen molar-refractivity contribution in [3.63, 3.8) is 0 Å². The van der Waals surface area contributed by atoms with Crippen molar-refractivity contribution in [1.29, 1.82) is 0 Å². The number of nitrogens with zero attached hydrogens (tertiary/aromatic N) is 4. The molecule has 174 valence electrons. The van der Waals surface area contributed by atoms with Gasteiger partial charge < -0.3 is 5.32 Å². The lowest BCUT2D eigenvalue weighted by Gasteiger charge is -2.26. The van der Waals surface area contributed by atoms with Gasteiger partial charge in [-0.2, -0.15) is 26.3 Å². The maximum Gasteiger partial charge on any atom is 0.451 e. The van der Waals surface area contributed by atoms with Crippen molar-refractivity contribution >= 4 is 0 Å². The van der Waals surface area contributed by atoms with Crippen molar-refractivity contribution in [2.75, 3.05) is 7.05 Å². The summed E-state index contributed by atoms with van der Waals surface area (Å²) < 4.78 is 92.3. The summed E-state index contributed by atoms with van der Waals surface area (Å²) in [6.45, 7) is 5.25. The van der Waals surface area contributed by atoms with Gasteiger partial charge >= 0.3 is 12.4 Å². The van der Waals surface area contributed by atoms with Crippen molar-refractivity contribution < 1.29 is 30.7 Å². The van der Waals surface area contributed by atoms with Crippen molar-refractivity contribution in [3.8, 4) is 11.3 Å². The Labute approximate surface area is 179 Å². The fourth-order valence-electron chi connectivity index (χ4n) is 3.49. The van der Waals surface area contributed by atoms with E-state index in [1.165, 1.54) is 0 Å². The summed E-state index contributed by atoms with van der Waals surface area (Å²) in [5.74, 6) is -1.37. The molecule has 1 saturated heterocycles. The number of hydrogen-bond acceptors (Lipinski definition) is 5. The van der Waals surface area contributed by atoms with E-state index < -0.39 is 29.9 Å². The first-order chi connectivity index (χ1) is 14.8. The number of likely N-dealkylation sites (N-methyl/N-ethyl adjacent to an activating group) is 1. The number of alkyl halides is 7. The van der Waals surface area contributed by atoms with Gasteiger partial charge in [0.1, 0.15) is 6.17 Å². The number of pyridine rings is 1.